The van der Waals surface area contributed by atoms with E-state index >= 15 is 0 Å². The smallest absolute Gasteiger partial charge is 0.241 e. The minimum absolute atomic E-state index is 0.113. The summed E-state index contributed by atoms with van der Waals surface area (Å²) in [6, 6.07) is 5.43. The lowest BCUT2D eigenvalue weighted by atomic mass is 10.1. The summed E-state index contributed by atoms with van der Waals surface area (Å²) in [5.74, 6) is 0.557. The van der Waals surface area contributed by atoms with Gasteiger partial charge in [-0.3, -0.25) is 4.79 Å². The van der Waals surface area contributed by atoms with Crippen LogP contribution in [0.15, 0.2) is 18.2 Å². The zero-order chi connectivity index (χ0) is 14.1. The summed E-state index contributed by atoms with van der Waals surface area (Å²) >= 11 is 1.73. The summed E-state index contributed by atoms with van der Waals surface area (Å²) in [6.07, 6.45) is 4.14. The maximum absolute atomic E-state index is 11.9. The van der Waals surface area contributed by atoms with E-state index in [9.17, 15) is 4.79 Å². The van der Waals surface area contributed by atoms with Gasteiger partial charge in [-0.1, -0.05) is 13.3 Å². The Morgan fingerprint density at radius 1 is 1.55 bits per heavy atom. The number of aromatic nitrogens is 1. The van der Waals surface area contributed by atoms with Crippen molar-refractivity contribution in [1.82, 2.24) is 4.98 Å². The first kappa shape index (κ1) is 13.5. The normalized spacial score (nSPS) is 16.3. The monoisotopic (exact) mass is 289 g/mol. The Hall–Kier alpha value is -1.46. The predicted octanol–water partition coefficient (Wildman–Crippen LogP) is 3.24. The molecule has 2 aromatic rings. The van der Waals surface area contributed by atoms with E-state index in [1.807, 2.05) is 25.1 Å². The van der Waals surface area contributed by atoms with Crippen LogP contribution >= 0.6 is 11.3 Å². The van der Waals surface area contributed by atoms with Crippen molar-refractivity contribution < 1.29 is 4.79 Å². The molecule has 106 valence electrons. The van der Waals surface area contributed by atoms with E-state index in [4.69, 9.17) is 5.73 Å². The van der Waals surface area contributed by atoms with E-state index in [1.165, 1.54) is 17.8 Å². The highest BCUT2D eigenvalue weighted by molar-refractivity contribution is 7.18. The highest BCUT2D eigenvalue weighted by Crippen LogP contribution is 2.43. The maximum Gasteiger partial charge on any atom is 0.241 e. The number of benzene rings is 1. The van der Waals surface area contributed by atoms with Gasteiger partial charge in [0.1, 0.15) is 0 Å². The minimum atomic E-state index is -0.431. The lowest BCUT2D eigenvalue weighted by Crippen LogP contribution is -2.35. The molecule has 0 radical (unpaired) electrons. The number of rotatable bonds is 5. The Balaban J connectivity index is 1.76. The van der Waals surface area contributed by atoms with Crippen molar-refractivity contribution in [2.24, 2.45) is 5.73 Å². The Bertz CT molecular complexity index is 633. The number of thiazole rings is 1. The second-order valence-corrected chi connectivity index (χ2v) is 6.46. The first-order valence-corrected chi connectivity index (χ1v) is 7.96. The van der Waals surface area contributed by atoms with Gasteiger partial charge in [0, 0.05) is 11.6 Å². The molecule has 0 aliphatic heterocycles. The van der Waals surface area contributed by atoms with Gasteiger partial charge in [0.15, 0.2) is 0 Å². The average molecular weight is 289 g/mol. The summed E-state index contributed by atoms with van der Waals surface area (Å²) in [6.45, 7) is 2.02. The molecule has 3 rings (SSSR count). The molecule has 1 atom stereocenters. The highest BCUT2D eigenvalue weighted by atomic mass is 32.1. The van der Waals surface area contributed by atoms with Gasteiger partial charge in [0.25, 0.3) is 0 Å². The highest BCUT2D eigenvalue weighted by Gasteiger charge is 2.27. The van der Waals surface area contributed by atoms with E-state index in [1.54, 1.807) is 11.3 Å². The maximum atomic E-state index is 11.9. The molecule has 1 aliphatic carbocycles. The third kappa shape index (κ3) is 2.83. The Morgan fingerprint density at radius 2 is 2.35 bits per heavy atom. The molecule has 1 heterocycles. The van der Waals surface area contributed by atoms with E-state index < -0.39 is 6.04 Å². The largest absolute Gasteiger partial charge is 0.325 e. The summed E-state index contributed by atoms with van der Waals surface area (Å²) in [5, 5.41) is 4.12. The minimum Gasteiger partial charge on any atom is -0.325 e. The zero-order valence-corrected chi connectivity index (χ0v) is 12.4. The van der Waals surface area contributed by atoms with Crippen molar-refractivity contribution in [3.8, 4) is 0 Å². The van der Waals surface area contributed by atoms with Gasteiger partial charge in [-0.05, 0) is 37.5 Å². The molecule has 3 N–H and O–H groups in total. The van der Waals surface area contributed by atoms with Crippen molar-refractivity contribution in [3.63, 3.8) is 0 Å². The van der Waals surface area contributed by atoms with Crippen LogP contribution < -0.4 is 11.1 Å². The molecular formula is C15H19N3OS. The molecular weight excluding hydrogens is 270 g/mol. The summed E-state index contributed by atoms with van der Waals surface area (Å²) < 4.78 is 1.13. The zero-order valence-electron chi connectivity index (χ0n) is 11.6. The number of fused-ring (bicyclic) bond motifs is 1. The van der Waals surface area contributed by atoms with E-state index in [-0.39, 0.29) is 5.91 Å². The SMILES string of the molecule is CCCC(N)C(=O)Nc1ccc2nc(C3CC3)sc2c1. The second kappa shape index (κ2) is 5.50. The van der Waals surface area contributed by atoms with Crippen LogP contribution in [0, 0.1) is 0 Å². The first-order valence-electron chi connectivity index (χ1n) is 7.14. The fourth-order valence-corrected chi connectivity index (χ4v) is 3.38. The van der Waals surface area contributed by atoms with Crippen LogP contribution in [0.3, 0.4) is 0 Å². The van der Waals surface area contributed by atoms with Crippen LogP contribution in [-0.2, 0) is 4.79 Å². The molecule has 1 aliphatic rings. The lowest BCUT2D eigenvalue weighted by molar-refractivity contribution is -0.117. The number of nitrogens with two attached hydrogens (primary N) is 1. The van der Waals surface area contributed by atoms with Gasteiger partial charge in [-0.2, -0.15) is 0 Å². The molecule has 0 bridgehead atoms. The number of hydrogen-bond acceptors (Lipinski definition) is 4. The molecule has 20 heavy (non-hydrogen) atoms. The number of hydrogen-bond donors (Lipinski definition) is 2. The fourth-order valence-electron chi connectivity index (χ4n) is 2.20. The summed E-state index contributed by atoms with van der Waals surface area (Å²) in [7, 11) is 0. The van der Waals surface area contributed by atoms with Gasteiger partial charge in [-0.15, -0.1) is 11.3 Å². The van der Waals surface area contributed by atoms with Crippen LogP contribution in [0.1, 0.15) is 43.5 Å². The third-order valence-electron chi connectivity index (χ3n) is 3.54. The molecule has 5 heteroatoms. The van der Waals surface area contributed by atoms with Crippen LogP contribution in [0.25, 0.3) is 10.2 Å². The number of carbonyl (C=O) groups is 1. The standard InChI is InChI=1S/C15H19N3OS/c1-2-3-11(16)14(19)17-10-6-7-12-13(8-10)20-15(18-12)9-4-5-9/h6-9,11H,2-5,16H2,1H3,(H,17,19). The molecule has 1 fully saturated rings. The number of nitrogens with one attached hydrogen (secondary N) is 1. The van der Waals surface area contributed by atoms with Crippen LogP contribution in [0.5, 0.6) is 0 Å². The Morgan fingerprint density at radius 3 is 3.05 bits per heavy atom. The van der Waals surface area contributed by atoms with E-state index in [0.29, 0.717) is 12.3 Å². The van der Waals surface area contributed by atoms with Crippen LogP contribution in [-0.4, -0.2) is 16.9 Å². The molecule has 1 unspecified atom stereocenters. The van der Waals surface area contributed by atoms with Crippen molar-refractivity contribution in [2.45, 2.75) is 44.6 Å². The van der Waals surface area contributed by atoms with Gasteiger partial charge in [0.2, 0.25) is 5.91 Å². The average Bonchev–Trinajstić information content (AvgIpc) is 3.19. The Labute approximate surface area is 122 Å². The molecule has 1 amide bonds. The van der Waals surface area contributed by atoms with Crippen molar-refractivity contribution in [2.75, 3.05) is 5.32 Å². The van der Waals surface area contributed by atoms with Crippen LogP contribution in [0.2, 0.25) is 0 Å². The summed E-state index contributed by atoms with van der Waals surface area (Å²) in [4.78, 5) is 16.6. The van der Waals surface area contributed by atoms with Crippen molar-refractivity contribution in [3.05, 3.63) is 23.2 Å². The molecule has 0 spiro atoms. The van der Waals surface area contributed by atoms with Gasteiger partial charge >= 0.3 is 0 Å². The molecule has 4 nitrogen and oxygen atoms in total. The van der Waals surface area contributed by atoms with Crippen molar-refractivity contribution >= 4 is 33.1 Å². The number of nitrogens with zero attached hydrogens (tertiary/aromatic N) is 1. The van der Waals surface area contributed by atoms with Crippen LogP contribution in [0.4, 0.5) is 5.69 Å². The van der Waals surface area contributed by atoms with Gasteiger partial charge in [-0.25, -0.2) is 4.98 Å². The van der Waals surface area contributed by atoms with Crippen molar-refractivity contribution in [1.29, 1.82) is 0 Å². The number of amides is 1. The molecule has 1 aromatic heterocycles. The predicted molar refractivity (Wildman–Crippen MR) is 83.1 cm³/mol. The van der Waals surface area contributed by atoms with Gasteiger partial charge in [0.05, 0.1) is 21.3 Å². The van der Waals surface area contributed by atoms with Gasteiger partial charge < -0.3 is 11.1 Å². The second-order valence-electron chi connectivity index (χ2n) is 5.39. The quantitative estimate of drug-likeness (QED) is 0.888. The first-order chi connectivity index (χ1) is 9.67. The van der Waals surface area contributed by atoms with E-state index in [2.05, 4.69) is 10.3 Å². The molecule has 1 saturated carbocycles. The topological polar surface area (TPSA) is 68.0 Å². The molecule has 0 saturated heterocycles. The summed E-state index contributed by atoms with van der Waals surface area (Å²) in [5.41, 5.74) is 7.65. The fraction of sp³-hybridized carbons (Fsp3) is 0.467. The van der Waals surface area contributed by atoms with E-state index in [0.717, 1.165) is 22.3 Å². The molecule has 1 aromatic carbocycles. The Kier molecular flexibility index (Phi) is 3.72. The number of anilines is 1. The third-order valence-corrected chi connectivity index (χ3v) is 4.72. The number of carbonyl (C=O) groups excluding carboxylic acids is 1. The lowest BCUT2D eigenvalue weighted by Gasteiger charge is -2.10.